The predicted molar refractivity (Wildman–Crippen MR) is 103 cm³/mol. The molecule has 0 unspecified atom stereocenters. The number of carbonyl (C=O) groups is 2. The van der Waals surface area contributed by atoms with Gasteiger partial charge in [0.25, 0.3) is 11.8 Å². The van der Waals surface area contributed by atoms with Gasteiger partial charge in [0.15, 0.2) is 0 Å². The zero-order valence-electron chi connectivity index (χ0n) is 13.3. The molecule has 2 aromatic carbocycles. The minimum atomic E-state index is -0.418. The first-order valence-corrected chi connectivity index (χ1v) is 8.78. The SMILES string of the molecule is N#Cc1cccc(NC(=O)c2ccc(Cl)cc2NC(=O)c2cccs2)c1. The molecule has 0 aliphatic rings. The third kappa shape index (κ3) is 4.09. The molecule has 5 nitrogen and oxygen atoms in total. The first-order chi connectivity index (χ1) is 12.6. The number of carbonyl (C=O) groups excluding carboxylic acids is 2. The van der Waals surface area contributed by atoms with Crippen molar-refractivity contribution in [3.63, 3.8) is 0 Å². The Labute approximate surface area is 158 Å². The second-order valence-electron chi connectivity index (χ2n) is 5.27. The molecule has 0 bridgehead atoms. The number of anilines is 2. The van der Waals surface area contributed by atoms with E-state index in [1.165, 1.54) is 23.5 Å². The Balaban J connectivity index is 1.86. The van der Waals surface area contributed by atoms with Crippen LogP contribution in [-0.4, -0.2) is 11.8 Å². The summed E-state index contributed by atoms with van der Waals surface area (Å²) in [5.41, 5.74) is 1.50. The fourth-order valence-electron chi connectivity index (χ4n) is 2.27. The number of thiophene rings is 1. The Bertz CT molecular complexity index is 1010. The number of amides is 2. The summed E-state index contributed by atoms with van der Waals surface area (Å²) in [7, 11) is 0. The molecule has 0 spiro atoms. The molecule has 0 aliphatic carbocycles. The summed E-state index contributed by atoms with van der Waals surface area (Å²) in [5, 5.41) is 16.6. The van der Waals surface area contributed by atoms with Crippen LogP contribution in [0.1, 0.15) is 25.6 Å². The number of nitrogens with one attached hydrogen (secondary N) is 2. The maximum Gasteiger partial charge on any atom is 0.265 e. The Hall–Kier alpha value is -3.14. The molecule has 3 aromatic rings. The highest BCUT2D eigenvalue weighted by molar-refractivity contribution is 7.12. The largest absolute Gasteiger partial charge is 0.322 e. The van der Waals surface area contributed by atoms with Crippen LogP contribution in [0.25, 0.3) is 0 Å². The fraction of sp³-hybridized carbons (Fsp3) is 0. The van der Waals surface area contributed by atoms with E-state index in [4.69, 9.17) is 16.9 Å². The van der Waals surface area contributed by atoms with E-state index in [0.29, 0.717) is 26.8 Å². The van der Waals surface area contributed by atoms with Gasteiger partial charge in [0, 0.05) is 10.7 Å². The van der Waals surface area contributed by atoms with E-state index in [-0.39, 0.29) is 11.5 Å². The number of benzene rings is 2. The van der Waals surface area contributed by atoms with Gasteiger partial charge in [0.2, 0.25) is 0 Å². The molecule has 0 aliphatic heterocycles. The van der Waals surface area contributed by atoms with E-state index in [1.807, 2.05) is 6.07 Å². The molecule has 2 amide bonds. The summed E-state index contributed by atoms with van der Waals surface area (Å²) in [6, 6.07) is 16.7. The van der Waals surface area contributed by atoms with E-state index in [1.54, 1.807) is 47.8 Å². The van der Waals surface area contributed by atoms with Gasteiger partial charge < -0.3 is 10.6 Å². The number of rotatable bonds is 4. The molecule has 128 valence electrons. The van der Waals surface area contributed by atoms with Gasteiger partial charge in [0.05, 0.1) is 27.8 Å². The fourth-order valence-corrected chi connectivity index (χ4v) is 3.07. The maximum atomic E-state index is 12.6. The summed E-state index contributed by atoms with van der Waals surface area (Å²) in [4.78, 5) is 25.4. The molecule has 1 heterocycles. The highest BCUT2D eigenvalue weighted by atomic mass is 35.5. The summed E-state index contributed by atoms with van der Waals surface area (Å²) >= 11 is 7.31. The smallest absolute Gasteiger partial charge is 0.265 e. The van der Waals surface area contributed by atoms with Crippen LogP contribution in [0.2, 0.25) is 5.02 Å². The van der Waals surface area contributed by atoms with Crippen molar-refractivity contribution in [2.24, 2.45) is 0 Å². The summed E-state index contributed by atoms with van der Waals surface area (Å²) in [6.45, 7) is 0. The third-order valence-corrected chi connectivity index (χ3v) is 4.57. The zero-order chi connectivity index (χ0) is 18.5. The molecule has 0 radical (unpaired) electrons. The van der Waals surface area contributed by atoms with Crippen LogP contribution in [0.4, 0.5) is 11.4 Å². The van der Waals surface area contributed by atoms with E-state index >= 15 is 0 Å². The second kappa shape index (κ2) is 7.83. The van der Waals surface area contributed by atoms with E-state index < -0.39 is 5.91 Å². The van der Waals surface area contributed by atoms with Gasteiger partial charge in [-0.15, -0.1) is 11.3 Å². The van der Waals surface area contributed by atoms with Crippen LogP contribution in [0.15, 0.2) is 60.0 Å². The van der Waals surface area contributed by atoms with E-state index in [0.717, 1.165) is 0 Å². The molecule has 1 aromatic heterocycles. The number of nitrogens with zero attached hydrogens (tertiary/aromatic N) is 1. The van der Waals surface area contributed by atoms with Crippen LogP contribution in [0.5, 0.6) is 0 Å². The van der Waals surface area contributed by atoms with Gasteiger partial charge in [-0.25, -0.2) is 0 Å². The summed E-state index contributed by atoms with van der Waals surface area (Å²) < 4.78 is 0. The van der Waals surface area contributed by atoms with Crippen molar-refractivity contribution in [3.8, 4) is 6.07 Å². The van der Waals surface area contributed by atoms with E-state index in [9.17, 15) is 9.59 Å². The first kappa shape index (κ1) is 17.7. The molecular weight excluding hydrogens is 370 g/mol. The molecule has 0 atom stereocenters. The Morgan fingerprint density at radius 3 is 2.58 bits per heavy atom. The lowest BCUT2D eigenvalue weighted by molar-refractivity contribution is 0.102. The quantitative estimate of drug-likeness (QED) is 0.682. The summed E-state index contributed by atoms with van der Waals surface area (Å²) in [6.07, 6.45) is 0. The standard InChI is InChI=1S/C19H12ClN3O2S/c20-13-6-7-15(16(10-13)23-19(25)17-5-2-8-26-17)18(24)22-14-4-1-3-12(9-14)11-21/h1-10H,(H,22,24)(H,23,25). The minimum absolute atomic E-state index is 0.265. The maximum absolute atomic E-state index is 12.6. The van der Waals surface area contributed by atoms with Gasteiger partial charge in [-0.3, -0.25) is 9.59 Å². The molecule has 26 heavy (non-hydrogen) atoms. The Morgan fingerprint density at radius 1 is 1.00 bits per heavy atom. The Morgan fingerprint density at radius 2 is 1.85 bits per heavy atom. The molecule has 0 saturated heterocycles. The van der Waals surface area contributed by atoms with Gasteiger partial charge in [0.1, 0.15) is 0 Å². The highest BCUT2D eigenvalue weighted by Crippen LogP contribution is 2.24. The molecule has 7 heteroatoms. The zero-order valence-corrected chi connectivity index (χ0v) is 14.9. The Kier molecular flexibility index (Phi) is 5.32. The molecular formula is C19H12ClN3O2S. The van der Waals surface area contributed by atoms with Crippen LogP contribution >= 0.6 is 22.9 Å². The van der Waals surface area contributed by atoms with Crippen molar-refractivity contribution >= 4 is 46.1 Å². The second-order valence-corrected chi connectivity index (χ2v) is 6.65. The molecule has 0 fully saturated rings. The van der Waals surface area contributed by atoms with Crippen LogP contribution in [0, 0.1) is 11.3 Å². The lowest BCUT2D eigenvalue weighted by Crippen LogP contribution is -2.17. The third-order valence-electron chi connectivity index (χ3n) is 3.47. The summed E-state index contributed by atoms with van der Waals surface area (Å²) in [5.74, 6) is -0.735. The average Bonchev–Trinajstić information content (AvgIpc) is 3.16. The van der Waals surface area contributed by atoms with Crippen molar-refractivity contribution in [1.29, 1.82) is 5.26 Å². The van der Waals surface area contributed by atoms with Crippen molar-refractivity contribution in [1.82, 2.24) is 0 Å². The number of hydrogen-bond donors (Lipinski definition) is 2. The highest BCUT2D eigenvalue weighted by Gasteiger charge is 2.16. The van der Waals surface area contributed by atoms with Gasteiger partial charge in [-0.05, 0) is 47.8 Å². The molecule has 0 saturated carbocycles. The van der Waals surface area contributed by atoms with Crippen LogP contribution < -0.4 is 10.6 Å². The van der Waals surface area contributed by atoms with Gasteiger partial charge in [-0.2, -0.15) is 5.26 Å². The molecule has 2 N–H and O–H groups in total. The average molecular weight is 382 g/mol. The van der Waals surface area contributed by atoms with Crippen LogP contribution in [-0.2, 0) is 0 Å². The first-order valence-electron chi connectivity index (χ1n) is 7.53. The number of halogens is 1. The van der Waals surface area contributed by atoms with Crippen molar-refractivity contribution in [3.05, 3.63) is 81.0 Å². The van der Waals surface area contributed by atoms with Gasteiger partial charge in [-0.1, -0.05) is 23.7 Å². The lowest BCUT2D eigenvalue weighted by atomic mass is 10.1. The van der Waals surface area contributed by atoms with Crippen molar-refractivity contribution < 1.29 is 9.59 Å². The number of nitriles is 1. The van der Waals surface area contributed by atoms with Crippen molar-refractivity contribution in [2.45, 2.75) is 0 Å². The number of hydrogen-bond acceptors (Lipinski definition) is 4. The normalized spacial score (nSPS) is 10.0. The topological polar surface area (TPSA) is 82.0 Å². The molecule has 3 rings (SSSR count). The van der Waals surface area contributed by atoms with Crippen molar-refractivity contribution in [2.75, 3.05) is 10.6 Å². The predicted octanol–water partition coefficient (Wildman–Crippen LogP) is 4.78. The lowest BCUT2D eigenvalue weighted by Gasteiger charge is -2.12. The van der Waals surface area contributed by atoms with Crippen LogP contribution in [0.3, 0.4) is 0 Å². The minimum Gasteiger partial charge on any atom is -0.322 e. The van der Waals surface area contributed by atoms with Gasteiger partial charge >= 0.3 is 0 Å². The van der Waals surface area contributed by atoms with E-state index in [2.05, 4.69) is 10.6 Å². The monoisotopic (exact) mass is 381 g/mol.